The Kier molecular flexibility index (Phi) is 6.65. The minimum atomic E-state index is -0.212. The van der Waals surface area contributed by atoms with Gasteiger partial charge in [0.1, 0.15) is 10.7 Å². The van der Waals surface area contributed by atoms with Gasteiger partial charge in [-0.1, -0.05) is 66.7 Å². The number of nitrogens with zero attached hydrogens (tertiary/aromatic N) is 2. The summed E-state index contributed by atoms with van der Waals surface area (Å²) in [4.78, 5) is 36.1. The molecule has 0 saturated heterocycles. The van der Waals surface area contributed by atoms with Gasteiger partial charge in [-0.2, -0.15) is 0 Å². The van der Waals surface area contributed by atoms with Crippen LogP contribution >= 0.6 is 23.1 Å². The molecule has 1 atom stereocenters. The van der Waals surface area contributed by atoms with Crippen LogP contribution in [0.1, 0.15) is 24.7 Å². The third-order valence-electron chi connectivity index (χ3n) is 6.06. The number of hydrogen-bond donors (Lipinski definition) is 1. The molecule has 1 amide bonds. The van der Waals surface area contributed by atoms with Gasteiger partial charge in [0.05, 0.1) is 16.4 Å². The molecule has 3 heterocycles. The normalized spacial score (nSPS) is 14.7. The van der Waals surface area contributed by atoms with E-state index in [-0.39, 0.29) is 16.7 Å². The SMILES string of the molecule is CC(SCc1nc2scc(-c3ccccc3)c2c(=O)[nH]1)C(=O)N1CC=C(c2ccccc2)CC1. The van der Waals surface area contributed by atoms with E-state index in [2.05, 4.69) is 28.2 Å². The number of thiophene rings is 1. The lowest BCUT2D eigenvalue weighted by atomic mass is 9.99. The Morgan fingerprint density at radius 2 is 1.82 bits per heavy atom. The summed E-state index contributed by atoms with van der Waals surface area (Å²) in [7, 11) is 0. The predicted molar refractivity (Wildman–Crippen MR) is 142 cm³/mol. The number of carbonyl (C=O) groups is 1. The van der Waals surface area contributed by atoms with E-state index < -0.39 is 0 Å². The van der Waals surface area contributed by atoms with Gasteiger partial charge in [0.25, 0.3) is 5.56 Å². The number of aromatic amines is 1. The molecule has 2 aromatic carbocycles. The molecular weight excluding hydrogens is 462 g/mol. The van der Waals surface area contributed by atoms with Crippen molar-refractivity contribution >= 4 is 44.8 Å². The Hall–Kier alpha value is -3.16. The average Bonchev–Trinajstić information content (AvgIpc) is 3.33. The first-order valence-corrected chi connectivity index (χ1v) is 13.2. The molecule has 34 heavy (non-hydrogen) atoms. The highest BCUT2D eigenvalue weighted by molar-refractivity contribution is 7.99. The molecular formula is C27H25N3O2S2. The summed E-state index contributed by atoms with van der Waals surface area (Å²) in [5.74, 6) is 1.21. The summed E-state index contributed by atoms with van der Waals surface area (Å²) in [6.07, 6.45) is 3.02. The van der Waals surface area contributed by atoms with Gasteiger partial charge in [0.15, 0.2) is 0 Å². The zero-order valence-corrected chi connectivity index (χ0v) is 20.5. The van der Waals surface area contributed by atoms with E-state index in [1.54, 1.807) is 0 Å². The van der Waals surface area contributed by atoms with E-state index in [1.807, 2.05) is 65.7 Å². The van der Waals surface area contributed by atoms with Gasteiger partial charge in [-0.25, -0.2) is 4.98 Å². The monoisotopic (exact) mass is 487 g/mol. The summed E-state index contributed by atoms with van der Waals surface area (Å²) in [5.41, 5.74) is 4.31. The molecule has 0 fully saturated rings. The molecule has 1 N–H and O–H groups in total. The molecule has 1 unspecified atom stereocenters. The zero-order chi connectivity index (χ0) is 23.5. The molecule has 1 aliphatic rings. The van der Waals surface area contributed by atoms with Crippen LogP contribution in [0.25, 0.3) is 26.9 Å². The molecule has 5 nitrogen and oxygen atoms in total. The minimum Gasteiger partial charge on any atom is -0.338 e. The predicted octanol–water partition coefficient (Wildman–Crippen LogP) is 5.59. The fourth-order valence-corrected chi connectivity index (χ4v) is 6.01. The summed E-state index contributed by atoms with van der Waals surface area (Å²) in [5, 5.41) is 2.40. The van der Waals surface area contributed by atoms with Gasteiger partial charge in [-0.05, 0) is 30.0 Å². The molecule has 1 aliphatic heterocycles. The Balaban J connectivity index is 1.23. The number of hydrogen-bond acceptors (Lipinski definition) is 5. The van der Waals surface area contributed by atoms with Crippen LogP contribution in [-0.2, 0) is 10.5 Å². The maximum Gasteiger partial charge on any atom is 0.260 e. The average molecular weight is 488 g/mol. The Morgan fingerprint density at radius 1 is 1.12 bits per heavy atom. The standard InChI is InChI=1S/C27H25N3O2S2/c1-18(27(32)30-14-12-20(13-15-30)19-8-4-2-5-9-19)33-17-23-28-25(31)24-22(16-34-26(24)29-23)21-10-6-3-7-11-21/h2-12,16,18H,13-15,17H2,1H3,(H,28,29,31). The maximum absolute atomic E-state index is 13.0. The second-order valence-corrected chi connectivity index (χ2v) is 10.5. The molecule has 0 radical (unpaired) electrons. The van der Waals surface area contributed by atoms with Crippen molar-refractivity contribution in [3.05, 3.63) is 93.9 Å². The van der Waals surface area contributed by atoms with Crippen LogP contribution in [0.5, 0.6) is 0 Å². The van der Waals surface area contributed by atoms with Crippen LogP contribution < -0.4 is 5.56 Å². The molecule has 5 rings (SSSR count). The molecule has 0 bridgehead atoms. The van der Waals surface area contributed by atoms with Crippen molar-refractivity contribution in [2.45, 2.75) is 24.3 Å². The smallest absolute Gasteiger partial charge is 0.260 e. The lowest BCUT2D eigenvalue weighted by Crippen LogP contribution is -2.39. The van der Waals surface area contributed by atoms with Crippen LogP contribution in [0, 0.1) is 0 Å². The van der Waals surface area contributed by atoms with Crippen LogP contribution in [0.2, 0.25) is 0 Å². The van der Waals surface area contributed by atoms with Gasteiger partial charge in [0, 0.05) is 24.0 Å². The second-order valence-electron chi connectivity index (χ2n) is 8.29. The first kappa shape index (κ1) is 22.6. The Bertz CT molecular complexity index is 1390. The first-order chi connectivity index (χ1) is 16.6. The van der Waals surface area contributed by atoms with Crippen LogP contribution in [0.3, 0.4) is 0 Å². The highest BCUT2D eigenvalue weighted by atomic mass is 32.2. The summed E-state index contributed by atoms with van der Waals surface area (Å²) in [6, 6.07) is 20.2. The second kappa shape index (κ2) is 9.99. The number of nitrogens with one attached hydrogen (secondary N) is 1. The molecule has 0 saturated carbocycles. The largest absolute Gasteiger partial charge is 0.338 e. The van der Waals surface area contributed by atoms with E-state index in [4.69, 9.17) is 0 Å². The van der Waals surface area contributed by atoms with E-state index in [9.17, 15) is 9.59 Å². The van der Waals surface area contributed by atoms with E-state index in [0.717, 1.165) is 28.9 Å². The van der Waals surface area contributed by atoms with Crippen molar-refractivity contribution in [1.29, 1.82) is 0 Å². The zero-order valence-electron chi connectivity index (χ0n) is 18.9. The lowest BCUT2D eigenvalue weighted by Gasteiger charge is -2.29. The fourth-order valence-electron chi connectivity index (χ4n) is 4.21. The number of thioether (sulfide) groups is 1. The topological polar surface area (TPSA) is 66.1 Å². The first-order valence-electron chi connectivity index (χ1n) is 11.3. The summed E-state index contributed by atoms with van der Waals surface area (Å²) >= 11 is 2.99. The number of H-pyrrole nitrogens is 1. The molecule has 0 spiro atoms. The number of rotatable bonds is 6. The quantitative estimate of drug-likeness (QED) is 0.385. The molecule has 4 aromatic rings. The highest BCUT2D eigenvalue weighted by Gasteiger charge is 2.23. The fraction of sp³-hybridized carbons (Fsp3) is 0.222. The third-order valence-corrected chi connectivity index (χ3v) is 8.07. The van der Waals surface area contributed by atoms with Crippen molar-refractivity contribution in [1.82, 2.24) is 14.9 Å². The van der Waals surface area contributed by atoms with Gasteiger partial charge >= 0.3 is 0 Å². The van der Waals surface area contributed by atoms with Crippen molar-refractivity contribution in [2.24, 2.45) is 0 Å². The molecule has 7 heteroatoms. The number of carbonyl (C=O) groups excluding carboxylic acids is 1. The van der Waals surface area contributed by atoms with Crippen molar-refractivity contribution in [2.75, 3.05) is 13.1 Å². The lowest BCUT2D eigenvalue weighted by molar-refractivity contribution is -0.129. The number of amides is 1. The van der Waals surface area contributed by atoms with Crippen molar-refractivity contribution < 1.29 is 4.79 Å². The van der Waals surface area contributed by atoms with Crippen LogP contribution in [-0.4, -0.2) is 39.1 Å². The maximum atomic E-state index is 13.0. The van der Waals surface area contributed by atoms with Gasteiger partial charge in [-0.15, -0.1) is 23.1 Å². The van der Waals surface area contributed by atoms with Gasteiger partial charge in [0.2, 0.25) is 5.91 Å². The minimum absolute atomic E-state index is 0.124. The van der Waals surface area contributed by atoms with E-state index in [0.29, 0.717) is 23.5 Å². The van der Waals surface area contributed by atoms with E-state index in [1.165, 1.54) is 34.2 Å². The summed E-state index contributed by atoms with van der Waals surface area (Å²) in [6.45, 7) is 3.29. The van der Waals surface area contributed by atoms with Crippen LogP contribution in [0.4, 0.5) is 0 Å². The van der Waals surface area contributed by atoms with Crippen molar-refractivity contribution in [3.8, 4) is 11.1 Å². The van der Waals surface area contributed by atoms with Gasteiger partial charge in [-0.3, -0.25) is 9.59 Å². The highest BCUT2D eigenvalue weighted by Crippen LogP contribution is 2.31. The Labute approximate surface area is 206 Å². The summed E-state index contributed by atoms with van der Waals surface area (Å²) < 4.78 is 0. The number of fused-ring (bicyclic) bond motifs is 1. The number of benzene rings is 2. The van der Waals surface area contributed by atoms with Crippen molar-refractivity contribution in [3.63, 3.8) is 0 Å². The van der Waals surface area contributed by atoms with Gasteiger partial charge < -0.3 is 9.88 Å². The number of aromatic nitrogens is 2. The molecule has 0 aliphatic carbocycles. The van der Waals surface area contributed by atoms with E-state index >= 15 is 0 Å². The molecule has 172 valence electrons. The third kappa shape index (κ3) is 4.72. The Morgan fingerprint density at radius 3 is 2.50 bits per heavy atom. The molecule has 2 aromatic heterocycles. The van der Waals surface area contributed by atoms with Crippen LogP contribution in [0.15, 0.2) is 76.9 Å².